The van der Waals surface area contributed by atoms with Gasteiger partial charge in [-0.3, -0.25) is 9.69 Å². The Morgan fingerprint density at radius 3 is 2.53 bits per heavy atom. The Balaban J connectivity index is 2.01. The number of hydrogen-bond acceptors (Lipinski definition) is 5. The highest BCUT2D eigenvalue weighted by atomic mass is 35.5. The third kappa shape index (κ3) is 5.06. The molecule has 3 rings (SSSR count). The highest BCUT2D eigenvalue weighted by molar-refractivity contribution is 7.22. The number of carbonyl (C=O) groups is 1. The van der Waals surface area contributed by atoms with Crippen molar-refractivity contribution in [3.8, 4) is 5.75 Å². The van der Waals surface area contributed by atoms with Crippen LogP contribution in [0.15, 0.2) is 36.4 Å². The molecule has 0 unspecified atom stereocenters. The van der Waals surface area contributed by atoms with Gasteiger partial charge in [-0.15, -0.1) is 0 Å². The SMILES string of the molecule is CCOc1cccc2sc(N(CCN(CC)CC)C(=O)c3ccc(Cl)cc3Cl)nc12. The van der Waals surface area contributed by atoms with E-state index in [4.69, 9.17) is 32.9 Å². The molecule has 0 spiro atoms. The van der Waals surface area contributed by atoms with E-state index in [1.807, 2.05) is 25.1 Å². The van der Waals surface area contributed by atoms with Gasteiger partial charge < -0.3 is 9.64 Å². The first kappa shape index (κ1) is 22.8. The van der Waals surface area contributed by atoms with Gasteiger partial charge in [0.2, 0.25) is 0 Å². The quantitative estimate of drug-likeness (QED) is 0.389. The maximum atomic E-state index is 13.5. The first-order valence-electron chi connectivity index (χ1n) is 10.00. The highest BCUT2D eigenvalue weighted by Crippen LogP contribution is 2.35. The first-order valence-corrected chi connectivity index (χ1v) is 11.6. The van der Waals surface area contributed by atoms with Gasteiger partial charge in [-0.25, -0.2) is 4.98 Å². The molecule has 5 nitrogen and oxygen atoms in total. The van der Waals surface area contributed by atoms with Crippen molar-refractivity contribution in [1.29, 1.82) is 0 Å². The maximum absolute atomic E-state index is 13.5. The van der Waals surface area contributed by atoms with E-state index in [1.54, 1.807) is 23.1 Å². The van der Waals surface area contributed by atoms with Gasteiger partial charge in [0, 0.05) is 18.1 Å². The minimum Gasteiger partial charge on any atom is -0.492 e. The molecule has 0 fully saturated rings. The van der Waals surface area contributed by atoms with Crippen molar-refractivity contribution < 1.29 is 9.53 Å². The van der Waals surface area contributed by atoms with Crippen LogP contribution in [0, 0.1) is 0 Å². The molecule has 0 saturated heterocycles. The van der Waals surface area contributed by atoms with Crippen molar-refractivity contribution in [2.45, 2.75) is 20.8 Å². The zero-order chi connectivity index (χ0) is 21.7. The molecule has 0 saturated carbocycles. The molecular formula is C22H25Cl2N3O2S. The summed E-state index contributed by atoms with van der Waals surface area (Å²) in [4.78, 5) is 22.2. The molecule has 2 aromatic carbocycles. The van der Waals surface area contributed by atoms with Gasteiger partial charge in [-0.1, -0.05) is 54.5 Å². The summed E-state index contributed by atoms with van der Waals surface area (Å²) in [5.74, 6) is 0.527. The third-order valence-corrected chi connectivity index (χ3v) is 6.43. The average molecular weight is 466 g/mol. The highest BCUT2D eigenvalue weighted by Gasteiger charge is 2.24. The van der Waals surface area contributed by atoms with Gasteiger partial charge >= 0.3 is 0 Å². The van der Waals surface area contributed by atoms with Crippen LogP contribution >= 0.6 is 34.5 Å². The molecule has 0 aliphatic rings. The number of carbonyl (C=O) groups excluding carboxylic acids is 1. The molecule has 30 heavy (non-hydrogen) atoms. The second kappa shape index (κ2) is 10.4. The van der Waals surface area contributed by atoms with Crippen molar-refractivity contribution in [3.05, 3.63) is 52.0 Å². The van der Waals surface area contributed by atoms with Gasteiger partial charge in [-0.05, 0) is 50.3 Å². The normalized spacial score (nSPS) is 11.3. The number of ether oxygens (including phenoxy) is 1. The summed E-state index contributed by atoms with van der Waals surface area (Å²) in [5, 5.41) is 1.45. The van der Waals surface area contributed by atoms with Crippen molar-refractivity contribution >= 4 is 55.8 Å². The Labute approximate surface area is 191 Å². The van der Waals surface area contributed by atoms with E-state index < -0.39 is 0 Å². The van der Waals surface area contributed by atoms with Crippen LogP contribution in [-0.4, -0.2) is 48.6 Å². The summed E-state index contributed by atoms with van der Waals surface area (Å²) in [6, 6.07) is 10.7. The van der Waals surface area contributed by atoms with Crippen LogP contribution in [0.25, 0.3) is 10.2 Å². The zero-order valence-corrected chi connectivity index (χ0v) is 19.7. The number of rotatable bonds is 9. The standard InChI is InChI=1S/C22H25Cl2N3O2S/c1-4-26(5-2)12-13-27(21(28)16-11-10-15(23)14-17(16)24)22-25-20-18(29-6-3)8-7-9-19(20)30-22/h7-11,14H,4-6,12-13H2,1-3H3. The Hall–Kier alpha value is -1.86. The smallest absolute Gasteiger partial charge is 0.261 e. The number of hydrogen-bond donors (Lipinski definition) is 0. The van der Waals surface area contributed by atoms with Crippen LogP contribution in [0.2, 0.25) is 10.0 Å². The lowest BCUT2D eigenvalue weighted by Gasteiger charge is -2.25. The van der Waals surface area contributed by atoms with E-state index in [2.05, 4.69) is 18.7 Å². The fourth-order valence-electron chi connectivity index (χ4n) is 3.17. The molecule has 0 atom stereocenters. The Bertz CT molecular complexity index is 1020. The fourth-order valence-corrected chi connectivity index (χ4v) is 4.67. The number of para-hydroxylation sites is 1. The molecule has 0 bridgehead atoms. The molecule has 1 heterocycles. The molecule has 3 aromatic rings. The minimum atomic E-state index is -0.194. The average Bonchev–Trinajstić information content (AvgIpc) is 3.16. The molecule has 0 radical (unpaired) electrons. The molecule has 160 valence electrons. The third-order valence-electron chi connectivity index (χ3n) is 4.84. The molecule has 8 heteroatoms. The first-order chi connectivity index (χ1) is 14.5. The zero-order valence-electron chi connectivity index (χ0n) is 17.3. The lowest BCUT2D eigenvalue weighted by atomic mass is 10.2. The minimum absolute atomic E-state index is 0.194. The van der Waals surface area contributed by atoms with Gasteiger partial charge in [0.25, 0.3) is 5.91 Å². The predicted molar refractivity (Wildman–Crippen MR) is 127 cm³/mol. The maximum Gasteiger partial charge on any atom is 0.261 e. The number of benzene rings is 2. The van der Waals surface area contributed by atoms with E-state index in [-0.39, 0.29) is 5.91 Å². The molecule has 1 amide bonds. The van der Waals surface area contributed by atoms with Gasteiger partial charge in [0.1, 0.15) is 11.3 Å². The number of amides is 1. The summed E-state index contributed by atoms with van der Waals surface area (Å²) in [6.07, 6.45) is 0. The second-order valence-corrected chi connectivity index (χ2v) is 8.49. The topological polar surface area (TPSA) is 45.7 Å². The number of likely N-dealkylation sites (N-methyl/N-ethyl adjacent to an activating group) is 1. The van der Waals surface area contributed by atoms with E-state index in [1.165, 1.54) is 11.3 Å². The molecule has 0 N–H and O–H groups in total. The van der Waals surface area contributed by atoms with Crippen LogP contribution in [0.3, 0.4) is 0 Å². The predicted octanol–water partition coefficient (Wildman–Crippen LogP) is 5.99. The molecular weight excluding hydrogens is 441 g/mol. The summed E-state index contributed by atoms with van der Waals surface area (Å²) in [6.45, 7) is 9.77. The van der Waals surface area contributed by atoms with E-state index in [0.717, 1.165) is 35.6 Å². The Morgan fingerprint density at radius 1 is 1.10 bits per heavy atom. The molecule has 0 aliphatic heterocycles. The largest absolute Gasteiger partial charge is 0.492 e. The van der Waals surface area contributed by atoms with Crippen LogP contribution in [-0.2, 0) is 0 Å². The van der Waals surface area contributed by atoms with Gasteiger partial charge in [-0.2, -0.15) is 0 Å². The van der Waals surface area contributed by atoms with Crippen LogP contribution in [0.1, 0.15) is 31.1 Å². The van der Waals surface area contributed by atoms with Crippen LogP contribution in [0.5, 0.6) is 5.75 Å². The fraction of sp³-hybridized carbons (Fsp3) is 0.364. The number of anilines is 1. The Morgan fingerprint density at radius 2 is 1.87 bits per heavy atom. The summed E-state index contributed by atoms with van der Waals surface area (Å²) < 4.78 is 6.69. The lowest BCUT2D eigenvalue weighted by molar-refractivity contribution is 0.0984. The van der Waals surface area contributed by atoms with Crippen molar-refractivity contribution in [3.63, 3.8) is 0 Å². The number of halogens is 2. The van der Waals surface area contributed by atoms with E-state index in [0.29, 0.717) is 33.9 Å². The van der Waals surface area contributed by atoms with Crippen molar-refractivity contribution in [2.75, 3.05) is 37.7 Å². The van der Waals surface area contributed by atoms with Gasteiger partial charge in [0.05, 0.1) is 21.9 Å². The lowest BCUT2D eigenvalue weighted by Crippen LogP contribution is -2.39. The number of fused-ring (bicyclic) bond motifs is 1. The second-order valence-electron chi connectivity index (χ2n) is 6.64. The number of nitrogens with zero attached hydrogens (tertiary/aromatic N) is 3. The molecule has 1 aromatic heterocycles. The summed E-state index contributed by atoms with van der Waals surface area (Å²) in [7, 11) is 0. The Kier molecular flexibility index (Phi) is 7.94. The van der Waals surface area contributed by atoms with Crippen molar-refractivity contribution in [1.82, 2.24) is 9.88 Å². The summed E-state index contributed by atoms with van der Waals surface area (Å²) in [5.41, 5.74) is 1.17. The van der Waals surface area contributed by atoms with E-state index in [9.17, 15) is 4.79 Å². The summed E-state index contributed by atoms with van der Waals surface area (Å²) >= 11 is 13.8. The van der Waals surface area contributed by atoms with Crippen molar-refractivity contribution in [2.24, 2.45) is 0 Å². The number of thiazole rings is 1. The molecule has 0 aliphatic carbocycles. The monoisotopic (exact) mass is 465 g/mol. The van der Waals surface area contributed by atoms with Gasteiger partial charge in [0.15, 0.2) is 5.13 Å². The number of aromatic nitrogens is 1. The van der Waals surface area contributed by atoms with Crippen LogP contribution in [0.4, 0.5) is 5.13 Å². The van der Waals surface area contributed by atoms with E-state index >= 15 is 0 Å². The van der Waals surface area contributed by atoms with Crippen LogP contribution < -0.4 is 9.64 Å².